The Bertz CT molecular complexity index is 2360. The zero-order valence-electron chi connectivity index (χ0n) is 32.3. The fraction of sp³-hybridized carbons (Fsp3) is 0.381. The first kappa shape index (κ1) is 40.3. The van der Waals surface area contributed by atoms with Crippen LogP contribution in [0.1, 0.15) is 91.8 Å². The molecule has 2 saturated heterocycles. The Hall–Kier alpha value is -4.87. The molecular weight excluding hydrogens is 845 g/mol. The van der Waals surface area contributed by atoms with Crippen molar-refractivity contribution in [2.24, 2.45) is 11.8 Å². The quantitative estimate of drug-likeness (QED) is 0.109. The van der Waals surface area contributed by atoms with Gasteiger partial charge in [-0.05, 0) is 68.3 Å². The molecule has 2 amide bonds. The van der Waals surface area contributed by atoms with Gasteiger partial charge in [-0.2, -0.15) is 10.2 Å². The summed E-state index contributed by atoms with van der Waals surface area (Å²) in [5.74, 6) is -0.243. The van der Waals surface area contributed by atoms with Crippen LogP contribution in [-0.4, -0.2) is 69.0 Å². The van der Waals surface area contributed by atoms with Crippen molar-refractivity contribution in [3.8, 4) is 0 Å². The number of nitrogens with zero attached hydrogens (tertiary/aromatic N) is 6. The van der Waals surface area contributed by atoms with E-state index in [4.69, 9.17) is 9.47 Å². The van der Waals surface area contributed by atoms with E-state index < -0.39 is 35.8 Å². The number of ether oxygens (including phenoxy) is 2. The lowest BCUT2D eigenvalue weighted by molar-refractivity contribution is -0.0510. The highest BCUT2D eigenvalue weighted by Crippen LogP contribution is 2.49. The molecule has 0 saturated carbocycles. The zero-order chi connectivity index (χ0) is 40.5. The number of hydrogen-bond donors (Lipinski definition) is 2. The number of alkyl halides is 3. The molecule has 0 aliphatic carbocycles. The second-order valence-electron chi connectivity index (χ2n) is 14.7. The summed E-state index contributed by atoms with van der Waals surface area (Å²) in [6.07, 6.45) is 0.466. The molecule has 12 nitrogen and oxygen atoms in total. The molecule has 2 aliphatic rings. The number of carbonyl (C=O) groups is 2. The van der Waals surface area contributed by atoms with Crippen molar-refractivity contribution in [2.45, 2.75) is 83.2 Å². The minimum atomic E-state index is -1.14. The maximum atomic E-state index is 15.2. The van der Waals surface area contributed by atoms with Gasteiger partial charge in [0.05, 0.1) is 22.6 Å². The van der Waals surface area contributed by atoms with Crippen molar-refractivity contribution in [3.63, 3.8) is 0 Å². The monoisotopic (exact) mass is 890 g/mol. The number of amides is 2. The largest absolute Gasteiger partial charge is 0.362 e. The third-order valence-electron chi connectivity index (χ3n) is 11.7. The first-order chi connectivity index (χ1) is 27.4. The number of nitrogens with one attached hydrogen (secondary N) is 2. The zero-order valence-corrected chi connectivity index (χ0v) is 34.4. The SMILES string of the molecule is CC[C@@]1(C)O[C@@H](c2ccc3c(NC(=O)c4ccccc4)ncnn23)[C@H](F)[C@@H]1C.CC[C@@]1(CI)O[C@@H](c2ccc3c(NC(=O)c4ccccc4)ncnn23)[C@H](F)[C@@H]1C. The summed E-state index contributed by atoms with van der Waals surface area (Å²) in [6, 6.07) is 24.9. The predicted molar refractivity (Wildman–Crippen MR) is 221 cm³/mol. The smallest absolute Gasteiger partial charge is 0.256 e. The Kier molecular flexibility index (Phi) is 11.7. The number of halogens is 3. The first-order valence-electron chi connectivity index (χ1n) is 19.0. The maximum Gasteiger partial charge on any atom is 0.256 e. The molecule has 0 bridgehead atoms. The van der Waals surface area contributed by atoms with E-state index in [9.17, 15) is 9.59 Å². The minimum absolute atomic E-state index is 0.223. The summed E-state index contributed by atoms with van der Waals surface area (Å²) < 4.78 is 46.6. The van der Waals surface area contributed by atoms with Crippen LogP contribution in [0.2, 0.25) is 0 Å². The summed E-state index contributed by atoms with van der Waals surface area (Å²) in [5.41, 5.74) is 2.47. The van der Waals surface area contributed by atoms with E-state index in [1.807, 2.05) is 46.8 Å². The van der Waals surface area contributed by atoms with Crippen molar-refractivity contribution >= 4 is 57.1 Å². The van der Waals surface area contributed by atoms with Crippen LogP contribution >= 0.6 is 22.6 Å². The van der Waals surface area contributed by atoms with Crippen LogP contribution in [0.25, 0.3) is 11.0 Å². The molecule has 6 heterocycles. The van der Waals surface area contributed by atoms with E-state index in [-0.39, 0.29) is 23.7 Å². The lowest BCUT2D eigenvalue weighted by Gasteiger charge is -2.29. The second kappa shape index (κ2) is 16.5. The van der Waals surface area contributed by atoms with Crippen LogP contribution in [0.5, 0.6) is 0 Å². The highest BCUT2D eigenvalue weighted by molar-refractivity contribution is 14.1. The fourth-order valence-electron chi connectivity index (χ4n) is 7.61. The van der Waals surface area contributed by atoms with Gasteiger partial charge in [0.25, 0.3) is 11.8 Å². The number of benzene rings is 2. The molecule has 4 aromatic heterocycles. The molecule has 2 aliphatic heterocycles. The lowest BCUT2D eigenvalue weighted by Crippen LogP contribution is -2.36. The second-order valence-corrected chi connectivity index (χ2v) is 15.5. The molecular formula is C42H45F2IN8O4. The van der Waals surface area contributed by atoms with Gasteiger partial charge in [0.15, 0.2) is 11.6 Å². The number of rotatable bonds is 9. The molecule has 6 aromatic rings. The molecule has 0 radical (unpaired) electrons. The van der Waals surface area contributed by atoms with E-state index in [1.54, 1.807) is 81.8 Å². The van der Waals surface area contributed by atoms with Crippen LogP contribution in [-0.2, 0) is 9.47 Å². The molecule has 8 rings (SSSR count). The normalized spacial score (nSPS) is 26.9. The highest BCUT2D eigenvalue weighted by Gasteiger charge is 2.53. The molecule has 15 heteroatoms. The number of anilines is 2. The molecule has 0 spiro atoms. The molecule has 0 unspecified atom stereocenters. The van der Waals surface area contributed by atoms with Gasteiger partial charge in [0.1, 0.15) is 48.2 Å². The van der Waals surface area contributed by atoms with Crippen molar-refractivity contribution in [1.29, 1.82) is 0 Å². The van der Waals surface area contributed by atoms with Crippen molar-refractivity contribution < 1.29 is 27.8 Å². The van der Waals surface area contributed by atoms with Crippen LogP contribution in [0.3, 0.4) is 0 Å². The number of fused-ring (bicyclic) bond motifs is 2. The average molecular weight is 891 g/mol. The average Bonchev–Trinajstić information content (AvgIpc) is 3.99. The van der Waals surface area contributed by atoms with Crippen LogP contribution < -0.4 is 10.6 Å². The van der Waals surface area contributed by atoms with Gasteiger partial charge in [0, 0.05) is 27.4 Å². The van der Waals surface area contributed by atoms with Gasteiger partial charge in [-0.3, -0.25) is 9.59 Å². The van der Waals surface area contributed by atoms with E-state index in [2.05, 4.69) is 53.4 Å². The summed E-state index contributed by atoms with van der Waals surface area (Å²) in [6.45, 7) is 9.76. The summed E-state index contributed by atoms with van der Waals surface area (Å²) in [5, 5.41) is 14.2. The summed E-state index contributed by atoms with van der Waals surface area (Å²) >= 11 is 2.27. The summed E-state index contributed by atoms with van der Waals surface area (Å²) in [4.78, 5) is 33.4. The van der Waals surface area contributed by atoms with Crippen LogP contribution in [0, 0.1) is 11.8 Å². The van der Waals surface area contributed by atoms with E-state index in [1.165, 1.54) is 12.7 Å². The number of aromatic nitrogens is 6. The lowest BCUT2D eigenvalue weighted by atomic mass is 9.86. The van der Waals surface area contributed by atoms with Gasteiger partial charge >= 0.3 is 0 Å². The molecule has 57 heavy (non-hydrogen) atoms. The van der Waals surface area contributed by atoms with Gasteiger partial charge in [-0.1, -0.05) is 86.7 Å². The molecule has 2 N–H and O–H groups in total. The third-order valence-corrected chi connectivity index (χ3v) is 13.0. The maximum absolute atomic E-state index is 15.2. The Morgan fingerprint density at radius 1 is 0.702 bits per heavy atom. The fourth-order valence-corrected chi connectivity index (χ4v) is 9.03. The van der Waals surface area contributed by atoms with Crippen molar-refractivity contribution in [1.82, 2.24) is 29.2 Å². The van der Waals surface area contributed by atoms with E-state index >= 15 is 8.78 Å². The Balaban J connectivity index is 0.000000174. The van der Waals surface area contributed by atoms with E-state index in [0.717, 1.165) is 17.3 Å². The predicted octanol–water partition coefficient (Wildman–Crippen LogP) is 8.81. The van der Waals surface area contributed by atoms with Crippen molar-refractivity contribution in [3.05, 3.63) is 120 Å². The Morgan fingerprint density at radius 3 is 1.56 bits per heavy atom. The standard InChI is InChI=1S/C21H22FIN4O2.C21H23FN4O2/c1-3-21(11-23)13(2)17(22)18(29-21)15-9-10-16-19(24-12-25-27(15)16)26-20(28)14-7-5-4-6-8-14;1-4-21(3)13(2)17(22)18(28-21)15-10-11-16-19(23-12-24-26(15)16)25-20(27)14-8-6-5-7-9-14/h4-10,12-13,17-18H,3,11H2,1-2H3,(H,24,25,26,28);5-13,17-18H,4H2,1-3H3,(H,23,24,25,27)/t13-,17+,18-,21-;13-,17+,18-,21+/m00/s1. The number of hydrogen-bond acceptors (Lipinski definition) is 8. The first-order valence-corrected chi connectivity index (χ1v) is 20.6. The Labute approximate surface area is 342 Å². The van der Waals surface area contributed by atoms with Gasteiger partial charge < -0.3 is 20.1 Å². The minimum Gasteiger partial charge on any atom is -0.362 e. The van der Waals surface area contributed by atoms with Crippen molar-refractivity contribution in [2.75, 3.05) is 15.1 Å². The summed E-state index contributed by atoms with van der Waals surface area (Å²) in [7, 11) is 0. The van der Waals surface area contributed by atoms with Gasteiger partial charge in [-0.15, -0.1) is 0 Å². The third kappa shape index (κ3) is 7.52. The molecule has 2 fully saturated rings. The van der Waals surface area contributed by atoms with E-state index in [0.29, 0.717) is 45.2 Å². The van der Waals surface area contributed by atoms with Crippen LogP contribution in [0.15, 0.2) is 97.6 Å². The van der Waals surface area contributed by atoms with Crippen LogP contribution in [0.4, 0.5) is 20.4 Å². The van der Waals surface area contributed by atoms with Gasteiger partial charge in [-0.25, -0.2) is 27.8 Å². The topological polar surface area (TPSA) is 137 Å². The molecule has 8 atom stereocenters. The molecule has 2 aromatic carbocycles. The number of carbonyl (C=O) groups excluding carboxylic acids is 2. The highest BCUT2D eigenvalue weighted by atomic mass is 127. The Morgan fingerprint density at radius 2 is 1.16 bits per heavy atom. The molecule has 298 valence electrons. The van der Waals surface area contributed by atoms with Gasteiger partial charge in [0.2, 0.25) is 0 Å².